The first-order valence-corrected chi connectivity index (χ1v) is 12.7. The van der Waals surface area contributed by atoms with E-state index < -0.39 is 5.82 Å². The highest BCUT2D eigenvalue weighted by molar-refractivity contribution is 6.03. The van der Waals surface area contributed by atoms with E-state index in [0.717, 1.165) is 61.8 Å². The summed E-state index contributed by atoms with van der Waals surface area (Å²) in [6.45, 7) is 3.95. The number of benzene rings is 2. The van der Waals surface area contributed by atoms with Crippen LogP contribution in [0.3, 0.4) is 0 Å². The Morgan fingerprint density at radius 1 is 1.17 bits per heavy atom. The maximum atomic E-state index is 15.4. The third-order valence-corrected chi connectivity index (χ3v) is 8.04. The van der Waals surface area contributed by atoms with E-state index in [9.17, 15) is 9.90 Å². The molecule has 190 valence electrons. The molecule has 3 aromatic rings. The molecule has 0 radical (unpaired) electrons. The first-order chi connectivity index (χ1) is 17.3. The Bertz CT molecular complexity index is 1300. The maximum absolute atomic E-state index is 15.4. The molecular formula is C29H34FN3O3. The highest BCUT2D eigenvalue weighted by Crippen LogP contribution is 2.46. The number of rotatable bonds is 7. The normalized spacial score (nSPS) is 17.6. The standard InChI is InChI=1S/C29H34FN3O3/c1-17(32(2)3)18-9-11-33(12-10-18)29-22-14-21(20-7-8-26(35)27(13-20)36-4)24(30)15-25(22)31-28(19-5-6-19)23(29)16-34/h7-8,13-19,35H,5-6,9-12H2,1-4H3. The summed E-state index contributed by atoms with van der Waals surface area (Å²) < 4.78 is 20.7. The molecule has 1 saturated heterocycles. The number of methoxy groups -OCH3 is 1. The molecule has 0 bridgehead atoms. The number of ether oxygens (including phenoxy) is 1. The van der Waals surface area contributed by atoms with E-state index in [4.69, 9.17) is 9.72 Å². The molecule has 2 aliphatic rings. The van der Waals surface area contributed by atoms with E-state index in [-0.39, 0.29) is 17.4 Å². The number of hydrogen-bond donors (Lipinski definition) is 1. The van der Waals surface area contributed by atoms with Gasteiger partial charge in [0.25, 0.3) is 0 Å². The fourth-order valence-corrected chi connectivity index (χ4v) is 5.52. The van der Waals surface area contributed by atoms with Gasteiger partial charge in [0.2, 0.25) is 0 Å². The van der Waals surface area contributed by atoms with Crippen LogP contribution in [-0.4, -0.2) is 61.6 Å². The number of piperidine rings is 1. The van der Waals surface area contributed by atoms with Crippen LogP contribution in [0.1, 0.15) is 54.6 Å². The predicted molar refractivity (Wildman–Crippen MR) is 141 cm³/mol. The van der Waals surface area contributed by atoms with Crippen LogP contribution < -0.4 is 9.64 Å². The zero-order valence-corrected chi connectivity index (χ0v) is 21.4. The number of hydrogen-bond acceptors (Lipinski definition) is 6. The van der Waals surface area contributed by atoms with Gasteiger partial charge in [0.1, 0.15) is 5.82 Å². The zero-order valence-electron chi connectivity index (χ0n) is 21.4. The maximum Gasteiger partial charge on any atom is 0.161 e. The summed E-state index contributed by atoms with van der Waals surface area (Å²) >= 11 is 0. The number of phenolic OH excluding ortho intramolecular Hbond substituents is 1. The van der Waals surface area contributed by atoms with Gasteiger partial charge in [-0.2, -0.15) is 0 Å². The Kier molecular flexibility index (Phi) is 6.60. The van der Waals surface area contributed by atoms with Crippen LogP contribution >= 0.6 is 0 Å². The van der Waals surface area contributed by atoms with Crippen LogP contribution in [0.5, 0.6) is 11.5 Å². The van der Waals surface area contributed by atoms with Crippen molar-refractivity contribution in [2.75, 3.05) is 39.2 Å². The third-order valence-electron chi connectivity index (χ3n) is 8.04. The lowest BCUT2D eigenvalue weighted by atomic mass is 9.88. The van der Waals surface area contributed by atoms with E-state index >= 15 is 4.39 Å². The van der Waals surface area contributed by atoms with Gasteiger partial charge in [-0.25, -0.2) is 4.39 Å². The fraction of sp³-hybridized carbons (Fsp3) is 0.448. The minimum absolute atomic E-state index is 0.00283. The van der Waals surface area contributed by atoms with Gasteiger partial charge in [0, 0.05) is 42.1 Å². The average molecular weight is 492 g/mol. The van der Waals surface area contributed by atoms with Crippen molar-refractivity contribution >= 4 is 22.9 Å². The second-order valence-corrected chi connectivity index (χ2v) is 10.4. The molecule has 1 saturated carbocycles. The van der Waals surface area contributed by atoms with E-state index in [2.05, 4.69) is 30.8 Å². The number of pyridine rings is 1. The van der Waals surface area contributed by atoms with E-state index in [1.807, 2.05) is 0 Å². The smallest absolute Gasteiger partial charge is 0.161 e. The quantitative estimate of drug-likeness (QED) is 0.433. The second kappa shape index (κ2) is 9.69. The van der Waals surface area contributed by atoms with Gasteiger partial charge in [0.15, 0.2) is 17.8 Å². The Labute approximate surface area is 211 Å². The Morgan fingerprint density at radius 3 is 2.50 bits per heavy atom. The van der Waals surface area contributed by atoms with Gasteiger partial charge in [-0.1, -0.05) is 6.07 Å². The number of fused-ring (bicyclic) bond motifs is 1. The fourth-order valence-electron chi connectivity index (χ4n) is 5.52. The molecule has 0 spiro atoms. The molecule has 2 aromatic carbocycles. The van der Waals surface area contributed by atoms with Gasteiger partial charge in [-0.3, -0.25) is 9.78 Å². The lowest BCUT2D eigenvalue weighted by Crippen LogP contribution is -2.42. The number of aromatic hydroxyl groups is 1. The number of anilines is 1. The molecule has 5 rings (SSSR count). The summed E-state index contributed by atoms with van der Waals surface area (Å²) in [6, 6.07) is 8.56. The summed E-state index contributed by atoms with van der Waals surface area (Å²) in [5.41, 5.74) is 3.87. The number of carbonyl (C=O) groups excluding carboxylic acids is 1. The van der Waals surface area contributed by atoms with Crippen molar-refractivity contribution in [3.05, 3.63) is 47.4 Å². The Balaban J connectivity index is 1.64. The Hall–Kier alpha value is -3.19. The van der Waals surface area contributed by atoms with E-state index in [1.165, 1.54) is 19.2 Å². The summed E-state index contributed by atoms with van der Waals surface area (Å²) in [6.07, 6.45) is 5.02. The molecule has 1 aromatic heterocycles. The van der Waals surface area contributed by atoms with Crippen LogP contribution in [0.4, 0.5) is 10.1 Å². The van der Waals surface area contributed by atoms with Crippen molar-refractivity contribution < 1.29 is 19.0 Å². The molecule has 0 amide bonds. The summed E-state index contributed by atoms with van der Waals surface area (Å²) in [7, 11) is 5.70. The van der Waals surface area contributed by atoms with E-state index in [1.54, 1.807) is 18.2 Å². The van der Waals surface area contributed by atoms with Crippen molar-refractivity contribution in [3.63, 3.8) is 0 Å². The number of aldehydes is 1. The van der Waals surface area contributed by atoms with Crippen LogP contribution in [-0.2, 0) is 0 Å². The van der Waals surface area contributed by atoms with Gasteiger partial charge < -0.3 is 19.6 Å². The number of carbonyl (C=O) groups is 1. The summed E-state index contributed by atoms with van der Waals surface area (Å²) in [4.78, 5) is 21.9. The first kappa shape index (κ1) is 24.5. The third kappa shape index (κ3) is 4.41. The van der Waals surface area contributed by atoms with Crippen molar-refractivity contribution in [2.24, 2.45) is 5.92 Å². The van der Waals surface area contributed by atoms with Gasteiger partial charge in [-0.15, -0.1) is 0 Å². The highest BCUT2D eigenvalue weighted by Gasteiger charge is 2.33. The summed E-state index contributed by atoms with van der Waals surface area (Å²) in [5.74, 6) is 0.734. The zero-order chi connectivity index (χ0) is 25.6. The summed E-state index contributed by atoms with van der Waals surface area (Å²) in [5, 5.41) is 10.8. The van der Waals surface area contributed by atoms with E-state index in [0.29, 0.717) is 34.2 Å². The number of phenols is 1. The lowest BCUT2D eigenvalue weighted by Gasteiger charge is -2.39. The number of aromatic nitrogens is 1. The molecular weight excluding hydrogens is 457 g/mol. The van der Waals surface area contributed by atoms with Crippen LogP contribution in [0, 0.1) is 11.7 Å². The molecule has 7 heteroatoms. The predicted octanol–water partition coefficient (Wildman–Crippen LogP) is 5.61. The molecule has 2 fully saturated rings. The molecule has 1 aliphatic heterocycles. The molecule has 36 heavy (non-hydrogen) atoms. The molecule has 2 heterocycles. The van der Waals surface area contributed by atoms with Crippen molar-refractivity contribution in [3.8, 4) is 22.6 Å². The SMILES string of the molecule is COc1cc(-c2cc3c(N4CCC(C(C)N(C)C)CC4)c(C=O)c(C4CC4)nc3cc2F)ccc1O. The van der Waals surface area contributed by atoms with Gasteiger partial charge >= 0.3 is 0 Å². The molecule has 1 N–H and O–H groups in total. The van der Waals surface area contributed by atoms with Crippen molar-refractivity contribution in [1.82, 2.24) is 9.88 Å². The topological polar surface area (TPSA) is 65.9 Å². The minimum atomic E-state index is -0.396. The molecule has 6 nitrogen and oxygen atoms in total. The Morgan fingerprint density at radius 2 is 1.89 bits per heavy atom. The lowest BCUT2D eigenvalue weighted by molar-refractivity contribution is 0.112. The first-order valence-electron chi connectivity index (χ1n) is 12.7. The van der Waals surface area contributed by atoms with Crippen LogP contribution in [0.15, 0.2) is 30.3 Å². The van der Waals surface area contributed by atoms with Gasteiger partial charge in [0.05, 0.1) is 29.6 Å². The average Bonchev–Trinajstić information content (AvgIpc) is 3.73. The minimum Gasteiger partial charge on any atom is -0.504 e. The van der Waals surface area contributed by atoms with Crippen molar-refractivity contribution in [1.29, 1.82) is 0 Å². The number of halogens is 1. The van der Waals surface area contributed by atoms with Crippen molar-refractivity contribution in [2.45, 2.75) is 44.6 Å². The number of nitrogens with zero attached hydrogens (tertiary/aromatic N) is 3. The highest BCUT2D eigenvalue weighted by atomic mass is 19.1. The monoisotopic (exact) mass is 491 g/mol. The van der Waals surface area contributed by atoms with Gasteiger partial charge in [-0.05, 0) is 76.4 Å². The largest absolute Gasteiger partial charge is 0.504 e. The molecule has 1 unspecified atom stereocenters. The molecule has 1 atom stereocenters. The second-order valence-electron chi connectivity index (χ2n) is 10.4. The molecule has 1 aliphatic carbocycles. The van der Waals surface area contributed by atoms with Crippen LogP contribution in [0.25, 0.3) is 22.0 Å². The van der Waals surface area contributed by atoms with Crippen LogP contribution in [0.2, 0.25) is 0 Å².